The van der Waals surface area contributed by atoms with E-state index in [4.69, 9.17) is 29.4 Å². The van der Waals surface area contributed by atoms with Gasteiger partial charge in [-0.25, -0.2) is 4.79 Å². The molecule has 0 amide bonds. The van der Waals surface area contributed by atoms with Gasteiger partial charge in [-0.2, -0.15) is 0 Å². The number of benzene rings is 1. The Morgan fingerprint density at radius 2 is 1.36 bits per heavy atom. The molecule has 2 N–H and O–H groups in total. The number of unbranched alkanes of at least 4 members (excludes halogenated alkanes) is 2. The fourth-order valence-corrected chi connectivity index (χ4v) is 2.84. The molecule has 0 aliphatic rings. The summed E-state index contributed by atoms with van der Waals surface area (Å²) < 4.78 is 26.6. The van der Waals surface area contributed by atoms with Crippen molar-refractivity contribution in [1.82, 2.24) is 0 Å². The third-order valence-corrected chi connectivity index (χ3v) is 5.61. The average Bonchev–Trinajstić information content (AvgIpc) is 2.81. The zero-order valence-corrected chi connectivity index (χ0v) is 24.8. The molecule has 0 aliphatic heterocycles. The molecule has 1 aromatic rings. The molecule has 0 bridgehead atoms. The minimum atomic E-state index is -1.06. The second-order valence-corrected chi connectivity index (χ2v) is 11.6. The molecule has 10 heteroatoms. The minimum absolute atomic E-state index is 0.0402. The molecule has 0 saturated heterocycles. The van der Waals surface area contributed by atoms with Crippen molar-refractivity contribution in [2.24, 2.45) is 16.6 Å². The Kier molecular flexibility index (Phi) is 12.9. The molecule has 1 aromatic carbocycles. The van der Waals surface area contributed by atoms with Gasteiger partial charge in [0, 0.05) is 0 Å². The van der Waals surface area contributed by atoms with Crippen LogP contribution in [0.15, 0.2) is 18.2 Å². The summed E-state index contributed by atoms with van der Waals surface area (Å²) in [5.41, 5.74) is 5.06. The number of rotatable bonds is 12. The zero-order chi connectivity index (χ0) is 30.0. The minimum Gasteiger partial charge on any atom is -0.458 e. The van der Waals surface area contributed by atoms with Crippen LogP contribution in [0.5, 0.6) is 11.5 Å². The molecule has 0 aliphatic carbocycles. The fourth-order valence-electron chi connectivity index (χ4n) is 2.84. The Morgan fingerprint density at radius 1 is 0.821 bits per heavy atom. The zero-order valence-electron chi connectivity index (χ0n) is 24.8. The highest BCUT2D eigenvalue weighted by Crippen LogP contribution is 2.33. The standard InChI is InChI=1S/C29H45NO9/c1-10-11-12-15-35-27(34)37-19(3)18(2)36-24(31)21(30)16-20-13-14-22(38-25(32)28(4,5)6)23(17-20)39-26(33)29(7,8)9/h13-14,17-19,21H,10-12,15-16,30H2,1-9H3/t18-,19-,21-/m0/s1. The predicted octanol–water partition coefficient (Wildman–Crippen LogP) is 5.12. The van der Waals surface area contributed by atoms with Gasteiger partial charge >= 0.3 is 24.1 Å². The van der Waals surface area contributed by atoms with Gasteiger partial charge in [-0.05, 0) is 85.9 Å². The van der Waals surface area contributed by atoms with Crippen LogP contribution in [0.25, 0.3) is 0 Å². The van der Waals surface area contributed by atoms with E-state index >= 15 is 0 Å². The molecule has 0 saturated carbocycles. The van der Waals surface area contributed by atoms with Crippen molar-refractivity contribution < 1.29 is 42.9 Å². The van der Waals surface area contributed by atoms with Gasteiger partial charge < -0.3 is 29.4 Å². The van der Waals surface area contributed by atoms with E-state index in [2.05, 4.69) is 0 Å². The quantitative estimate of drug-likeness (QED) is 0.211. The summed E-state index contributed by atoms with van der Waals surface area (Å²) in [5, 5.41) is 0. The van der Waals surface area contributed by atoms with E-state index in [-0.39, 0.29) is 24.5 Å². The van der Waals surface area contributed by atoms with Crippen LogP contribution in [0.4, 0.5) is 4.79 Å². The van der Waals surface area contributed by atoms with Crippen LogP contribution in [0.2, 0.25) is 0 Å². The maximum atomic E-state index is 12.6. The Labute approximate surface area is 231 Å². The van der Waals surface area contributed by atoms with E-state index in [9.17, 15) is 19.2 Å². The molecule has 0 spiro atoms. The lowest BCUT2D eigenvalue weighted by Crippen LogP contribution is -2.39. The first-order chi connectivity index (χ1) is 17.9. The fraction of sp³-hybridized carbons (Fsp3) is 0.655. The van der Waals surface area contributed by atoms with E-state index in [1.807, 2.05) is 6.92 Å². The third kappa shape index (κ3) is 12.1. The van der Waals surface area contributed by atoms with Gasteiger partial charge in [0.2, 0.25) is 0 Å². The van der Waals surface area contributed by atoms with E-state index in [1.165, 1.54) is 12.1 Å². The van der Waals surface area contributed by atoms with Crippen LogP contribution in [-0.4, -0.2) is 48.9 Å². The summed E-state index contributed by atoms with van der Waals surface area (Å²) in [6.45, 7) is 15.7. The number of hydrogen-bond acceptors (Lipinski definition) is 10. The summed E-state index contributed by atoms with van der Waals surface area (Å²) in [6.07, 6.45) is 0.398. The molecule has 0 fully saturated rings. The van der Waals surface area contributed by atoms with Crippen molar-refractivity contribution in [3.8, 4) is 11.5 Å². The molecule has 39 heavy (non-hydrogen) atoms. The summed E-state index contributed by atoms with van der Waals surface area (Å²) in [6, 6.07) is 3.56. The summed E-state index contributed by atoms with van der Waals surface area (Å²) in [5.74, 6) is -1.61. The highest BCUT2D eigenvalue weighted by Gasteiger charge is 2.29. The molecule has 3 atom stereocenters. The van der Waals surface area contributed by atoms with Gasteiger partial charge in [-0.15, -0.1) is 0 Å². The Hall–Kier alpha value is -3.14. The molecule has 0 radical (unpaired) electrons. The number of hydrogen-bond donors (Lipinski definition) is 1. The van der Waals surface area contributed by atoms with Crippen LogP contribution in [0.1, 0.15) is 87.1 Å². The molecular formula is C29H45NO9. The first-order valence-corrected chi connectivity index (χ1v) is 13.3. The van der Waals surface area contributed by atoms with Gasteiger partial charge in [0.05, 0.1) is 17.4 Å². The van der Waals surface area contributed by atoms with Crippen molar-refractivity contribution in [2.75, 3.05) is 6.61 Å². The van der Waals surface area contributed by atoms with Crippen molar-refractivity contribution in [1.29, 1.82) is 0 Å². The van der Waals surface area contributed by atoms with Gasteiger partial charge in [0.1, 0.15) is 18.2 Å². The van der Waals surface area contributed by atoms with Crippen LogP contribution < -0.4 is 15.2 Å². The first-order valence-electron chi connectivity index (χ1n) is 13.3. The largest absolute Gasteiger partial charge is 0.508 e. The maximum Gasteiger partial charge on any atom is 0.508 e. The lowest BCUT2D eigenvalue weighted by Gasteiger charge is -2.23. The van der Waals surface area contributed by atoms with E-state index in [1.54, 1.807) is 61.5 Å². The first kappa shape index (κ1) is 33.9. The number of carbonyl (C=O) groups is 4. The van der Waals surface area contributed by atoms with E-state index in [0.717, 1.165) is 19.3 Å². The second kappa shape index (κ2) is 14.9. The van der Waals surface area contributed by atoms with Gasteiger partial charge in [-0.1, -0.05) is 25.8 Å². The van der Waals surface area contributed by atoms with Crippen LogP contribution in [0, 0.1) is 10.8 Å². The maximum absolute atomic E-state index is 12.6. The van der Waals surface area contributed by atoms with Crippen molar-refractivity contribution >= 4 is 24.1 Å². The van der Waals surface area contributed by atoms with E-state index < -0.39 is 53.1 Å². The average molecular weight is 552 g/mol. The van der Waals surface area contributed by atoms with Crippen molar-refractivity contribution in [3.63, 3.8) is 0 Å². The Balaban J connectivity index is 2.89. The normalized spacial score (nSPS) is 14.0. The van der Waals surface area contributed by atoms with Crippen LogP contribution in [-0.2, 0) is 35.0 Å². The lowest BCUT2D eigenvalue weighted by atomic mass is 9.97. The Bertz CT molecular complexity index is 991. The molecule has 1 rings (SSSR count). The predicted molar refractivity (Wildman–Crippen MR) is 145 cm³/mol. The molecular weight excluding hydrogens is 506 g/mol. The van der Waals surface area contributed by atoms with Crippen LogP contribution >= 0.6 is 0 Å². The smallest absolute Gasteiger partial charge is 0.458 e. The summed E-state index contributed by atoms with van der Waals surface area (Å²) >= 11 is 0. The SMILES string of the molecule is CCCCCOC(=O)O[C@@H](C)[C@H](C)OC(=O)[C@@H](N)Cc1ccc(OC(=O)C(C)(C)C)c(OC(=O)C(C)(C)C)c1. The molecule has 0 aromatic heterocycles. The van der Waals surface area contributed by atoms with Gasteiger partial charge in [0.15, 0.2) is 11.5 Å². The topological polar surface area (TPSA) is 140 Å². The molecule has 0 heterocycles. The number of ether oxygens (including phenoxy) is 5. The van der Waals surface area contributed by atoms with Crippen molar-refractivity contribution in [3.05, 3.63) is 23.8 Å². The number of esters is 3. The highest BCUT2D eigenvalue weighted by atomic mass is 16.7. The second-order valence-electron chi connectivity index (χ2n) is 11.6. The van der Waals surface area contributed by atoms with E-state index in [0.29, 0.717) is 5.56 Å². The molecule has 10 nitrogen and oxygen atoms in total. The number of nitrogens with two attached hydrogens (primary N) is 1. The Morgan fingerprint density at radius 3 is 1.90 bits per heavy atom. The lowest BCUT2D eigenvalue weighted by molar-refractivity contribution is -0.155. The van der Waals surface area contributed by atoms with Gasteiger partial charge in [-0.3, -0.25) is 14.4 Å². The van der Waals surface area contributed by atoms with Gasteiger partial charge in [0.25, 0.3) is 0 Å². The monoisotopic (exact) mass is 551 g/mol. The number of carbonyl (C=O) groups excluding carboxylic acids is 4. The van der Waals surface area contributed by atoms with Crippen LogP contribution in [0.3, 0.4) is 0 Å². The molecule has 220 valence electrons. The molecule has 0 unspecified atom stereocenters. The summed E-state index contributed by atoms with van der Waals surface area (Å²) in [4.78, 5) is 49.5. The summed E-state index contributed by atoms with van der Waals surface area (Å²) in [7, 11) is 0. The third-order valence-electron chi connectivity index (χ3n) is 5.61. The highest BCUT2D eigenvalue weighted by molar-refractivity contribution is 5.81. The van der Waals surface area contributed by atoms with Crippen molar-refractivity contribution in [2.45, 2.75) is 106 Å².